The molecule has 0 saturated carbocycles. The van der Waals surface area contributed by atoms with Crippen molar-refractivity contribution in [2.45, 2.75) is 0 Å². The third-order valence-corrected chi connectivity index (χ3v) is 5.24. The molecule has 0 bridgehead atoms. The molecule has 0 atom stereocenters. The van der Waals surface area contributed by atoms with Gasteiger partial charge in [-0.25, -0.2) is 4.39 Å². The van der Waals surface area contributed by atoms with E-state index in [1.54, 1.807) is 48.5 Å². The van der Waals surface area contributed by atoms with Crippen LogP contribution in [0.15, 0.2) is 60.8 Å². The maximum Gasteiger partial charge on any atom is 0.161 e. The Morgan fingerprint density at radius 2 is 1.71 bits per heavy atom. The van der Waals surface area contributed by atoms with Crippen molar-refractivity contribution >= 4 is 29.5 Å². The summed E-state index contributed by atoms with van der Waals surface area (Å²) < 4.78 is 19.9. The van der Waals surface area contributed by atoms with E-state index >= 15 is 0 Å². The number of ether oxygens (including phenoxy) is 1. The zero-order valence-electron chi connectivity index (χ0n) is 16.1. The SMILES string of the molecule is COc1cnc(-c2c(Cl)nnc(-c3ccccc3F)c2-c2ccc(C=O)cc2)c(Cl)c1. The number of hydrogen-bond acceptors (Lipinski definition) is 5. The molecule has 0 radical (unpaired) electrons. The Bertz CT molecular complexity index is 1280. The van der Waals surface area contributed by atoms with Crippen LogP contribution >= 0.6 is 23.2 Å². The van der Waals surface area contributed by atoms with Crippen LogP contribution in [0, 0.1) is 5.82 Å². The molecule has 4 aromatic rings. The van der Waals surface area contributed by atoms with Crippen molar-refractivity contribution in [2.24, 2.45) is 0 Å². The first kappa shape index (κ1) is 20.9. The number of nitrogens with zero attached hydrogens (tertiary/aromatic N) is 3. The molecule has 0 fully saturated rings. The molecule has 0 aliphatic carbocycles. The summed E-state index contributed by atoms with van der Waals surface area (Å²) >= 11 is 12.9. The molecule has 2 aromatic carbocycles. The highest BCUT2D eigenvalue weighted by Crippen LogP contribution is 2.43. The standard InChI is InChI=1S/C23H14Cl2FN3O2/c1-31-15-10-17(24)22(27-11-15)20-19(14-8-6-13(12-30)7-9-14)21(28-29-23(20)25)16-4-2-3-5-18(16)26/h2-12H,1H3. The van der Waals surface area contributed by atoms with Gasteiger partial charge in [-0.05, 0) is 17.7 Å². The van der Waals surface area contributed by atoms with Gasteiger partial charge in [-0.15, -0.1) is 10.2 Å². The normalized spacial score (nSPS) is 10.7. The van der Waals surface area contributed by atoms with E-state index in [1.165, 1.54) is 19.4 Å². The molecular formula is C23H14Cl2FN3O2. The third-order valence-electron chi connectivity index (χ3n) is 4.68. The van der Waals surface area contributed by atoms with Gasteiger partial charge in [-0.2, -0.15) is 0 Å². The molecule has 5 nitrogen and oxygen atoms in total. The van der Waals surface area contributed by atoms with Crippen molar-refractivity contribution in [2.75, 3.05) is 7.11 Å². The predicted molar refractivity (Wildman–Crippen MR) is 118 cm³/mol. The number of hydrogen-bond donors (Lipinski definition) is 0. The van der Waals surface area contributed by atoms with Crippen molar-refractivity contribution in [3.05, 3.63) is 82.4 Å². The molecule has 0 aliphatic rings. The largest absolute Gasteiger partial charge is 0.495 e. The highest BCUT2D eigenvalue weighted by Gasteiger charge is 2.24. The Labute approximate surface area is 187 Å². The fourth-order valence-corrected chi connectivity index (χ4v) is 3.67. The summed E-state index contributed by atoms with van der Waals surface area (Å²) in [6.07, 6.45) is 2.24. The molecule has 0 spiro atoms. The smallest absolute Gasteiger partial charge is 0.161 e. The van der Waals surface area contributed by atoms with E-state index in [0.717, 1.165) is 6.29 Å². The van der Waals surface area contributed by atoms with Crippen molar-refractivity contribution in [1.82, 2.24) is 15.2 Å². The van der Waals surface area contributed by atoms with Crippen molar-refractivity contribution < 1.29 is 13.9 Å². The lowest BCUT2D eigenvalue weighted by Gasteiger charge is -2.16. The Hall–Kier alpha value is -3.35. The molecular weight excluding hydrogens is 440 g/mol. The Morgan fingerprint density at radius 1 is 0.968 bits per heavy atom. The molecule has 0 unspecified atom stereocenters. The summed E-state index contributed by atoms with van der Waals surface area (Å²) in [5, 5.41) is 8.56. The number of pyridine rings is 1. The van der Waals surface area contributed by atoms with Gasteiger partial charge in [0.1, 0.15) is 23.5 Å². The van der Waals surface area contributed by atoms with Crippen LogP contribution in [-0.2, 0) is 0 Å². The minimum atomic E-state index is -0.468. The quantitative estimate of drug-likeness (QED) is 0.339. The zero-order chi connectivity index (χ0) is 22.0. The van der Waals surface area contributed by atoms with E-state index in [-0.39, 0.29) is 21.4 Å². The van der Waals surface area contributed by atoms with E-state index in [0.29, 0.717) is 33.7 Å². The van der Waals surface area contributed by atoms with E-state index in [4.69, 9.17) is 27.9 Å². The first-order valence-electron chi connectivity index (χ1n) is 9.10. The van der Waals surface area contributed by atoms with Crippen LogP contribution in [-0.4, -0.2) is 28.6 Å². The van der Waals surface area contributed by atoms with Gasteiger partial charge in [-0.1, -0.05) is 59.6 Å². The topological polar surface area (TPSA) is 65.0 Å². The highest BCUT2D eigenvalue weighted by molar-refractivity contribution is 6.36. The van der Waals surface area contributed by atoms with Crippen LogP contribution < -0.4 is 4.74 Å². The number of carbonyl (C=O) groups is 1. The molecule has 4 rings (SSSR count). The lowest BCUT2D eigenvalue weighted by molar-refractivity contribution is 0.112. The molecule has 31 heavy (non-hydrogen) atoms. The Balaban J connectivity index is 2.08. The van der Waals surface area contributed by atoms with Gasteiger partial charge in [0.15, 0.2) is 5.15 Å². The fourth-order valence-electron chi connectivity index (χ4n) is 3.20. The van der Waals surface area contributed by atoms with Gasteiger partial charge in [0.25, 0.3) is 0 Å². The summed E-state index contributed by atoms with van der Waals surface area (Å²) in [6.45, 7) is 0. The van der Waals surface area contributed by atoms with E-state index in [1.807, 2.05) is 0 Å². The van der Waals surface area contributed by atoms with E-state index < -0.39 is 5.82 Å². The van der Waals surface area contributed by atoms with Crippen molar-refractivity contribution in [3.8, 4) is 39.4 Å². The average Bonchev–Trinajstić information content (AvgIpc) is 2.80. The number of methoxy groups -OCH3 is 1. The van der Waals surface area contributed by atoms with Crippen LogP contribution in [0.3, 0.4) is 0 Å². The first-order chi connectivity index (χ1) is 15.0. The zero-order valence-corrected chi connectivity index (χ0v) is 17.7. The summed E-state index contributed by atoms with van der Waals surface area (Å²) in [4.78, 5) is 15.5. The van der Waals surface area contributed by atoms with Gasteiger partial charge >= 0.3 is 0 Å². The van der Waals surface area contributed by atoms with Crippen LogP contribution in [0.5, 0.6) is 5.75 Å². The number of aldehydes is 1. The van der Waals surface area contributed by atoms with Crippen LogP contribution in [0.25, 0.3) is 33.6 Å². The minimum absolute atomic E-state index is 0.0501. The van der Waals surface area contributed by atoms with E-state index in [9.17, 15) is 9.18 Å². The maximum absolute atomic E-state index is 14.7. The number of halogens is 3. The van der Waals surface area contributed by atoms with Gasteiger partial charge in [0.2, 0.25) is 0 Å². The second-order valence-corrected chi connectivity index (χ2v) is 7.28. The monoisotopic (exact) mass is 453 g/mol. The maximum atomic E-state index is 14.7. The molecule has 2 heterocycles. The molecule has 2 aromatic heterocycles. The van der Waals surface area contributed by atoms with Crippen LogP contribution in [0.4, 0.5) is 4.39 Å². The molecule has 154 valence electrons. The van der Waals surface area contributed by atoms with Gasteiger partial charge in [0, 0.05) is 22.8 Å². The second-order valence-electron chi connectivity index (χ2n) is 6.51. The minimum Gasteiger partial charge on any atom is -0.495 e. The molecule has 0 aliphatic heterocycles. The lowest BCUT2D eigenvalue weighted by atomic mass is 9.93. The third kappa shape index (κ3) is 4.00. The predicted octanol–water partition coefficient (Wildman–Crippen LogP) is 6.14. The second kappa shape index (κ2) is 8.79. The Morgan fingerprint density at radius 3 is 2.35 bits per heavy atom. The van der Waals surface area contributed by atoms with Gasteiger partial charge in [-0.3, -0.25) is 9.78 Å². The number of carbonyl (C=O) groups excluding carboxylic acids is 1. The summed E-state index contributed by atoms with van der Waals surface area (Å²) in [5.41, 5.74) is 2.87. The average molecular weight is 454 g/mol. The Kier molecular flexibility index (Phi) is 5.93. The molecule has 0 N–H and O–H groups in total. The molecule has 0 amide bonds. The van der Waals surface area contributed by atoms with Crippen molar-refractivity contribution in [3.63, 3.8) is 0 Å². The van der Waals surface area contributed by atoms with Gasteiger partial charge < -0.3 is 4.74 Å². The van der Waals surface area contributed by atoms with Gasteiger partial charge in [0.05, 0.1) is 29.6 Å². The van der Waals surface area contributed by atoms with E-state index in [2.05, 4.69) is 15.2 Å². The lowest BCUT2D eigenvalue weighted by Crippen LogP contribution is -2.01. The summed E-state index contributed by atoms with van der Waals surface area (Å²) in [6, 6.07) is 14.6. The fraction of sp³-hybridized carbons (Fsp3) is 0.0435. The molecule has 8 heteroatoms. The highest BCUT2D eigenvalue weighted by atomic mass is 35.5. The number of benzene rings is 2. The van der Waals surface area contributed by atoms with Crippen LogP contribution in [0.1, 0.15) is 10.4 Å². The first-order valence-corrected chi connectivity index (χ1v) is 9.85. The van der Waals surface area contributed by atoms with Crippen molar-refractivity contribution in [1.29, 1.82) is 0 Å². The molecule has 0 saturated heterocycles. The summed E-state index contributed by atoms with van der Waals surface area (Å²) in [5.74, 6) is 0.00252. The number of aromatic nitrogens is 3. The summed E-state index contributed by atoms with van der Waals surface area (Å²) in [7, 11) is 1.50. The van der Waals surface area contributed by atoms with Crippen LogP contribution in [0.2, 0.25) is 10.2 Å². The number of rotatable bonds is 5.